The smallest absolute Gasteiger partial charge is 0.230 e. The Morgan fingerprint density at radius 2 is 1.95 bits per heavy atom. The lowest BCUT2D eigenvalue weighted by molar-refractivity contribution is -0.115. The first kappa shape index (κ1) is 15.2. The van der Waals surface area contributed by atoms with Gasteiger partial charge in [-0.25, -0.2) is 8.42 Å². The highest BCUT2D eigenvalue weighted by atomic mass is 32.2. The van der Waals surface area contributed by atoms with Crippen LogP contribution in [0, 0.1) is 6.92 Å². The SMILES string of the molecule is CCS(=O)(=O)c1ccc(CC(=O)Nc2cc(C)on2)cc1. The fourth-order valence-corrected chi connectivity index (χ4v) is 2.66. The molecule has 0 atom stereocenters. The van der Waals surface area contributed by atoms with Crippen LogP contribution in [0.1, 0.15) is 18.2 Å². The van der Waals surface area contributed by atoms with Crippen LogP contribution in [-0.2, 0) is 21.1 Å². The number of carbonyl (C=O) groups is 1. The van der Waals surface area contributed by atoms with Gasteiger partial charge in [-0.15, -0.1) is 0 Å². The quantitative estimate of drug-likeness (QED) is 0.912. The van der Waals surface area contributed by atoms with Crippen molar-refractivity contribution in [1.82, 2.24) is 5.16 Å². The number of aromatic nitrogens is 1. The molecule has 112 valence electrons. The molecule has 0 bridgehead atoms. The minimum atomic E-state index is -3.21. The van der Waals surface area contributed by atoms with Crippen molar-refractivity contribution in [2.24, 2.45) is 0 Å². The molecular weight excluding hydrogens is 292 g/mol. The summed E-state index contributed by atoms with van der Waals surface area (Å²) in [5, 5.41) is 6.27. The van der Waals surface area contributed by atoms with E-state index in [4.69, 9.17) is 4.52 Å². The third-order valence-electron chi connectivity index (χ3n) is 2.92. The normalized spacial score (nSPS) is 11.3. The molecule has 1 amide bonds. The Morgan fingerprint density at radius 1 is 1.29 bits per heavy atom. The number of nitrogens with one attached hydrogen (secondary N) is 1. The number of carbonyl (C=O) groups excluding carboxylic acids is 1. The molecule has 21 heavy (non-hydrogen) atoms. The summed E-state index contributed by atoms with van der Waals surface area (Å²) in [6, 6.07) is 7.92. The van der Waals surface area contributed by atoms with Gasteiger partial charge in [0.15, 0.2) is 15.7 Å². The van der Waals surface area contributed by atoms with Crippen LogP contribution in [0.5, 0.6) is 0 Å². The van der Waals surface area contributed by atoms with Gasteiger partial charge in [0, 0.05) is 6.07 Å². The van der Waals surface area contributed by atoms with E-state index in [2.05, 4.69) is 10.5 Å². The molecule has 0 aliphatic carbocycles. The molecule has 1 aromatic carbocycles. The van der Waals surface area contributed by atoms with Gasteiger partial charge in [0.2, 0.25) is 5.91 Å². The predicted octanol–water partition coefficient (Wildman–Crippen LogP) is 1.96. The minimum absolute atomic E-state index is 0.0539. The number of nitrogens with zero attached hydrogens (tertiary/aromatic N) is 1. The van der Waals surface area contributed by atoms with E-state index in [1.165, 1.54) is 12.1 Å². The minimum Gasteiger partial charge on any atom is -0.360 e. The molecule has 1 N–H and O–H groups in total. The maximum absolute atomic E-state index is 11.8. The Kier molecular flexibility index (Phi) is 4.42. The van der Waals surface area contributed by atoms with Crippen molar-refractivity contribution >= 4 is 21.6 Å². The van der Waals surface area contributed by atoms with E-state index in [0.29, 0.717) is 11.6 Å². The van der Waals surface area contributed by atoms with Gasteiger partial charge < -0.3 is 9.84 Å². The molecule has 0 aliphatic heterocycles. The first-order chi connectivity index (χ1) is 9.90. The zero-order chi connectivity index (χ0) is 15.5. The maximum Gasteiger partial charge on any atom is 0.230 e. The third-order valence-corrected chi connectivity index (χ3v) is 4.67. The molecule has 0 saturated heterocycles. The number of sulfone groups is 1. The Morgan fingerprint density at radius 3 is 2.48 bits per heavy atom. The van der Waals surface area contributed by atoms with Crippen molar-refractivity contribution in [3.63, 3.8) is 0 Å². The molecule has 2 rings (SSSR count). The summed E-state index contributed by atoms with van der Waals surface area (Å²) in [7, 11) is -3.21. The number of anilines is 1. The van der Waals surface area contributed by atoms with Crippen LogP contribution in [0.3, 0.4) is 0 Å². The van der Waals surface area contributed by atoms with E-state index < -0.39 is 9.84 Å². The molecular formula is C14H16N2O4S. The average Bonchev–Trinajstić information content (AvgIpc) is 2.84. The standard InChI is InChI=1S/C14H16N2O4S/c1-3-21(18,19)12-6-4-11(5-7-12)9-14(17)15-13-8-10(2)20-16-13/h4-8H,3,9H2,1-2H3,(H,15,16,17). The van der Waals surface area contributed by atoms with E-state index in [9.17, 15) is 13.2 Å². The van der Waals surface area contributed by atoms with Gasteiger partial charge in [-0.2, -0.15) is 0 Å². The maximum atomic E-state index is 11.8. The van der Waals surface area contributed by atoms with Gasteiger partial charge in [-0.05, 0) is 24.6 Å². The van der Waals surface area contributed by atoms with Crippen molar-refractivity contribution in [2.75, 3.05) is 11.1 Å². The lowest BCUT2D eigenvalue weighted by Gasteiger charge is -2.04. The third kappa shape index (κ3) is 3.91. The van der Waals surface area contributed by atoms with Gasteiger partial charge in [0.25, 0.3) is 0 Å². The summed E-state index contributed by atoms with van der Waals surface area (Å²) in [4.78, 5) is 12.1. The summed E-state index contributed by atoms with van der Waals surface area (Å²) in [5.41, 5.74) is 0.725. The first-order valence-corrected chi connectivity index (χ1v) is 8.11. The molecule has 0 radical (unpaired) electrons. The van der Waals surface area contributed by atoms with Crippen molar-refractivity contribution < 1.29 is 17.7 Å². The predicted molar refractivity (Wildman–Crippen MR) is 77.7 cm³/mol. The van der Waals surface area contributed by atoms with Crippen molar-refractivity contribution in [2.45, 2.75) is 25.2 Å². The second kappa shape index (κ2) is 6.09. The van der Waals surface area contributed by atoms with Gasteiger partial charge in [0.05, 0.1) is 17.1 Å². The first-order valence-electron chi connectivity index (χ1n) is 6.45. The van der Waals surface area contributed by atoms with E-state index >= 15 is 0 Å². The molecule has 6 nitrogen and oxygen atoms in total. The summed E-state index contributed by atoms with van der Waals surface area (Å²) < 4.78 is 28.2. The van der Waals surface area contributed by atoms with E-state index in [1.54, 1.807) is 32.0 Å². The van der Waals surface area contributed by atoms with Gasteiger partial charge >= 0.3 is 0 Å². The fourth-order valence-electron chi connectivity index (χ4n) is 1.78. The van der Waals surface area contributed by atoms with E-state index in [-0.39, 0.29) is 23.0 Å². The molecule has 0 aliphatic rings. The topological polar surface area (TPSA) is 89.3 Å². The largest absolute Gasteiger partial charge is 0.360 e. The van der Waals surface area contributed by atoms with Crippen molar-refractivity contribution in [3.05, 3.63) is 41.7 Å². The molecule has 1 aromatic heterocycles. The number of benzene rings is 1. The zero-order valence-corrected chi connectivity index (χ0v) is 12.6. The number of rotatable bonds is 5. The number of hydrogen-bond donors (Lipinski definition) is 1. The number of aryl methyl sites for hydroxylation is 1. The fraction of sp³-hybridized carbons (Fsp3) is 0.286. The molecule has 0 saturated carbocycles. The van der Waals surface area contributed by atoms with Gasteiger partial charge in [-0.3, -0.25) is 4.79 Å². The van der Waals surface area contributed by atoms with E-state index in [1.807, 2.05) is 0 Å². The van der Waals surface area contributed by atoms with Crippen LogP contribution in [0.15, 0.2) is 39.8 Å². The highest BCUT2D eigenvalue weighted by Gasteiger charge is 2.12. The van der Waals surface area contributed by atoms with Crippen LogP contribution in [0.25, 0.3) is 0 Å². The summed E-state index contributed by atoms with van der Waals surface area (Å²) in [6.07, 6.45) is 0.137. The van der Waals surface area contributed by atoms with Crippen LogP contribution in [0.2, 0.25) is 0 Å². The second-order valence-electron chi connectivity index (χ2n) is 4.60. The number of amides is 1. The summed E-state index contributed by atoms with van der Waals surface area (Å²) >= 11 is 0. The Balaban J connectivity index is 2.02. The van der Waals surface area contributed by atoms with Crippen molar-refractivity contribution in [3.8, 4) is 0 Å². The number of hydrogen-bond acceptors (Lipinski definition) is 5. The second-order valence-corrected chi connectivity index (χ2v) is 6.87. The molecule has 2 aromatic rings. The highest BCUT2D eigenvalue weighted by Crippen LogP contribution is 2.13. The van der Waals surface area contributed by atoms with E-state index in [0.717, 1.165) is 5.56 Å². The van der Waals surface area contributed by atoms with Crippen LogP contribution >= 0.6 is 0 Å². The molecule has 0 spiro atoms. The monoisotopic (exact) mass is 308 g/mol. The molecule has 1 heterocycles. The lowest BCUT2D eigenvalue weighted by atomic mass is 10.1. The van der Waals surface area contributed by atoms with Crippen LogP contribution in [0.4, 0.5) is 5.82 Å². The van der Waals surface area contributed by atoms with Crippen LogP contribution in [-0.4, -0.2) is 25.2 Å². The van der Waals surface area contributed by atoms with Gasteiger partial charge in [0.1, 0.15) is 5.76 Å². The Labute approximate surface area is 123 Å². The van der Waals surface area contributed by atoms with Crippen molar-refractivity contribution in [1.29, 1.82) is 0 Å². The average molecular weight is 308 g/mol. The highest BCUT2D eigenvalue weighted by molar-refractivity contribution is 7.91. The van der Waals surface area contributed by atoms with Gasteiger partial charge in [-0.1, -0.05) is 24.2 Å². The molecule has 7 heteroatoms. The molecule has 0 unspecified atom stereocenters. The Bertz CT molecular complexity index is 733. The molecule has 0 fully saturated rings. The van der Waals surface area contributed by atoms with Crippen LogP contribution < -0.4 is 5.32 Å². The zero-order valence-electron chi connectivity index (χ0n) is 11.8. The lowest BCUT2D eigenvalue weighted by Crippen LogP contribution is -2.14. The summed E-state index contributed by atoms with van der Waals surface area (Å²) in [6.45, 7) is 3.33. The Hall–Kier alpha value is -2.15. The summed E-state index contributed by atoms with van der Waals surface area (Å²) in [5.74, 6) is 0.787.